The van der Waals surface area contributed by atoms with Gasteiger partial charge in [-0.15, -0.1) is 0 Å². The van der Waals surface area contributed by atoms with E-state index in [9.17, 15) is 0 Å². The van der Waals surface area contributed by atoms with Gasteiger partial charge in [0.15, 0.2) is 0 Å². The van der Waals surface area contributed by atoms with Crippen molar-refractivity contribution in [2.24, 2.45) is 0 Å². The Morgan fingerprint density at radius 2 is 1.77 bits per heavy atom. The second-order valence-corrected chi connectivity index (χ2v) is 6.29. The Kier molecular flexibility index (Phi) is 2.45. The molecule has 0 saturated heterocycles. The van der Waals surface area contributed by atoms with Crippen LogP contribution in [0.15, 0.2) is 54.6 Å². The smallest absolute Gasteiger partial charge is 0.128 e. The third-order valence-corrected chi connectivity index (χ3v) is 4.99. The van der Waals surface area contributed by atoms with E-state index in [4.69, 9.17) is 16.3 Å². The van der Waals surface area contributed by atoms with Gasteiger partial charge in [-0.25, -0.2) is 0 Å². The van der Waals surface area contributed by atoms with Crippen molar-refractivity contribution in [2.45, 2.75) is 12.0 Å². The second kappa shape index (κ2) is 4.37. The van der Waals surface area contributed by atoms with Gasteiger partial charge in [0.1, 0.15) is 11.9 Å². The molecular weight excluding hydrogens is 292 g/mol. The molecule has 106 valence electrons. The Bertz CT molecular complexity index is 1040. The number of hydrogen-bond acceptors (Lipinski definition) is 1. The van der Waals surface area contributed by atoms with Crippen molar-refractivity contribution in [3.05, 3.63) is 75.6 Å². The maximum Gasteiger partial charge on any atom is 0.128 e. The second-order valence-electron chi connectivity index (χ2n) is 5.88. The van der Waals surface area contributed by atoms with Gasteiger partial charge in [0.2, 0.25) is 0 Å². The van der Waals surface area contributed by atoms with E-state index in [0.717, 1.165) is 16.3 Å². The van der Waals surface area contributed by atoms with Gasteiger partial charge < -0.3 is 4.74 Å². The third kappa shape index (κ3) is 1.60. The average molecular weight is 305 g/mol. The van der Waals surface area contributed by atoms with Gasteiger partial charge in [-0.2, -0.15) is 0 Å². The minimum atomic E-state index is 0.0450. The van der Waals surface area contributed by atoms with Crippen molar-refractivity contribution >= 4 is 34.5 Å². The first-order valence-electron chi connectivity index (χ1n) is 7.48. The molecule has 0 aromatic heterocycles. The molecule has 2 unspecified atom stereocenters. The van der Waals surface area contributed by atoms with Crippen LogP contribution in [-0.2, 0) is 0 Å². The summed E-state index contributed by atoms with van der Waals surface area (Å²) >= 11 is 6.42. The fourth-order valence-electron chi connectivity index (χ4n) is 3.64. The van der Waals surface area contributed by atoms with Gasteiger partial charge in [0.05, 0.1) is 0 Å². The molecule has 0 spiro atoms. The number of hydrogen-bond donors (Lipinski definition) is 0. The van der Waals surface area contributed by atoms with E-state index in [2.05, 4.69) is 48.6 Å². The zero-order valence-corrected chi connectivity index (χ0v) is 12.5. The van der Waals surface area contributed by atoms with Gasteiger partial charge in [-0.1, -0.05) is 60.1 Å². The standard InChI is InChI=1S/C20H13ClO/c21-17-6-3-7-18-20(17)16-11-15-13(10-19(16)22-18)9-8-12-4-1-2-5-14(12)15/h1-11,16,19H. The largest absolute Gasteiger partial charge is 0.485 e. The highest BCUT2D eigenvalue weighted by Crippen LogP contribution is 2.44. The molecule has 22 heavy (non-hydrogen) atoms. The van der Waals surface area contributed by atoms with E-state index in [1.54, 1.807) is 0 Å². The molecule has 0 saturated carbocycles. The Balaban J connectivity index is 1.85. The molecule has 1 aliphatic carbocycles. The molecule has 0 bridgehead atoms. The van der Waals surface area contributed by atoms with E-state index < -0.39 is 0 Å². The van der Waals surface area contributed by atoms with Crippen LogP contribution in [0.5, 0.6) is 5.75 Å². The van der Waals surface area contributed by atoms with Crippen molar-refractivity contribution in [3.8, 4) is 5.75 Å². The number of halogens is 1. The molecule has 1 aliphatic heterocycles. The summed E-state index contributed by atoms with van der Waals surface area (Å²) in [5.41, 5.74) is 1.11. The van der Waals surface area contributed by atoms with Gasteiger partial charge >= 0.3 is 0 Å². The summed E-state index contributed by atoms with van der Waals surface area (Å²) in [4.78, 5) is 0. The van der Waals surface area contributed by atoms with E-state index in [0.29, 0.717) is 0 Å². The molecule has 0 radical (unpaired) electrons. The summed E-state index contributed by atoms with van der Waals surface area (Å²) in [6.45, 7) is 0. The van der Waals surface area contributed by atoms with E-state index in [1.165, 1.54) is 21.2 Å². The quantitative estimate of drug-likeness (QED) is 0.616. The first-order chi connectivity index (χ1) is 10.8. The average Bonchev–Trinajstić information content (AvgIpc) is 2.91. The summed E-state index contributed by atoms with van der Waals surface area (Å²) in [6.07, 6.45) is 4.59. The van der Waals surface area contributed by atoms with Crippen LogP contribution in [0.1, 0.15) is 11.5 Å². The Labute approximate surface area is 133 Å². The lowest BCUT2D eigenvalue weighted by molar-refractivity contribution is 0.288. The van der Waals surface area contributed by atoms with E-state index in [-0.39, 0.29) is 12.0 Å². The normalized spacial score (nSPS) is 21.1. The topological polar surface area (TPSA) is 9.23 Å². The molecule has 2 aliphatic rings. The van der Waals surface area contributed by atoms with Gasteiger partial charge in [0.25, 0.3) is 0 Å². The van der Waals surface area contributed by atoms with Crippen LogP contribution in [0.25, 0.3) is 22.9 Å². The number of fused-ring (bicyclic) bond motifs is 6. The molecule has 1 nitrogen and oxygen atoms in total. The zero-order chi connectivity index (χ0) is 14.7. The first-order valence-corrected chi connectivity index (χ1v) is 7.85. The lowest BCUT2D eigenvalue weighted by Gasteiger charge is -2.17. The van der Waals surface area contributed by atoms with Crippen LogP contribution in [0.3, 0.4) is 0 Å². The van der Waals surface area contributed by atoms with Crippen molar-refractivity contribution in [1.29, 1.82) is 0 Å². The molecule has 0 N–H and O–H groups in total. The predicted molar refractivity (Wildman–Crippen MR) is 90.7 cm³/mol. The molecule has 3 aromatic carbocycles. The van der Waals surface area contributed by atoms with Crippen LogP contribution in [0.4, 0.5) is 0 Å². The van der Waals surface area contributed by atoms with Gasteiger partial charge in [-0.3, -0.25) is 0 Å². The Morgan fingerprint density at radius 3 is 2.73 bits per heavy atom. The summed E-state index contributed by atoms with van der Waals surface area (Å²) in [5, 5.41) is 5.87. The lowest BCUT2D eigenvalue weighted by Crippen LogP contribution is -2.34. The monoisotopic (exact) mass is 304 g/mol. The van der Waals surface area contributed by atoms with Crippen LogP contribution < -0.4 is 15.2 Å². The Morgan fingerprint density at radius 1 is 0.864 bits per heavy atom. The van der Waals surface area contributed by atoms with Crippen LogP contribution in [0, 0.1) is 0 Å². The fourth-order valence-corrected chi connectivity index (χ4v) is 3.94. The highest BCUT2D eigenvalue weighted by molar-refractivity contribution is 6.31. The lowest BCUT2D eigenvalue weighted by atomic mass is 9.88. The van der Waals surface area contributed by atoms with Gasteiger partial charge in [0, 0.05) is 16.5 Å². The number of ether oxygens (including phenoxy) is 1. The third-order valence-electron chi connectivity index (χ3n) is 4.66. The molecule has 5 rings (SSSR count). The van der Waals surface area contributed by atoms with Crippen LogP contribution in [-0.4, -0.2) is 6.10 Å². The Hall–Kier alpha value is -2.25. The molecule has 2 atom stereocenters. The molecule has 0 fully saturated rings. The summed E-state index contributed by atoms with van der Waals surface area (Å²) in [5.74, 6) is 1.11. The predicted octanol–water partition coefficient (Wildman–Crippen LogP) is 3.61. The van der Waals surface area contributed by atoms with Crippen LogP contribution in [0.2, 0.25) is 5.02 Å². The highest BCUT2D eigenvalue weighted by atomic mass is 35.5. The molecule has 1 heterocycles. The molecular formula is C20H13ClO. The summed E-state index contributed by atoms with van der Waals surface area (Å²) < 4.78 is 6.09. The van der Waals surface area contributed by atoms with Crippen molar-refractivity contribution < 1.29 is 4.74 Å². The summed E-state index contributed by atoms with van der Waals surface area (Å²) in [7, 11) is 0. The molecule has 0 amide bonds. The number of rotatable bonds is 0. The SMILES string of the molecule is Clc1cccc2c1C1C=c3c(ccc4ccccc34)=CC1O2. The van der Waals surface area contributed by atoms with Crippen molar-refractivity contribution in [1.82, 2.24) is 0 Å². The van der Waals surface area contributed by atoms with E-state index in [1.807, 2.05) is 18.2 Å². The van der Waals surface area contributed by atoms with Crippen molar-refractivity contribution in [3.63, 3.8) is 0 Å². The van der Waals surface area contributed by atoms with Crippen LogP contribution >= 0.6 is 11.6 Å². The van der Waals surface area contributed by atoms with Gasteiger partial charge in [-0.05, 0) is 39.4 Å². The summed E-state index contributed by atoms with van der Waals surface area (Å²) in [6, 6.07) is 18.8. The minimum absolute atomic E-state index is 0.0450. The first kappa shape index (κ1) is 12.3. The maximum atomic E-state index is 6.42. The maximum absolute atomic E-state index is 6.42. The molecule has 2 heteroatoms. The van der Waals surface area contributed by atoms with E-state index >= 15 is 0 Å². The highest BCUT2D eigenvalue weighted by Gasteiger charge is 2.34. The fraction of sp³-hybridized carbons (Fsp3) is 0.100. The minimum Gasteiger partial charge on any atom is -0.485 e. The number of benzene rings is 3. The van der Waals surface area contributed by atoms with Crippen molar-refractivity contribution in [2.75, 3.05) is 0 Å². The zero-order valence-electron chi connectivity index (χ0n) is 11.8. The molecule has 3 aromatic rings.